The Morgan fingerprint density at radius 3 is 2.71 bits per heavy atom. The summed E-state index contributed by atoms with van der Waals surface area (Å²) in [5.74, 6) is 1.04. The molecular formula is C16H18N2OS2. The highest BCUT2D eigenvalue weighted by Crippen LogP contribution is 2.40. The molecule has 1 atom stereocenters. The van der Waals surface area contributed by atoms with Crippen LogP contribution in [0.15, 0.2) is 40.1 Å². The maximum absolute atomic E-state index is 12.0. The molecule has 0 saturated carbocycles. The van der Waals surface area contributed by atoms with Crippen LogP contribution >= 0.6 is 23.5 Å². The van der Waals surface area contributed by atoms with E-state index in [4.69, 9.17) is 0 Å². The average molecular weight is 318 g/mol. The number of amides is 1. The van der Waals surface area contributed by atoms with E-state index in [1.807, 2.05) is 24.3 Å². The number of rotatable bonds is 5. The molecule has 5 heteroatoms. The van der Waals surface area contributed by atoms with Crippen LogP contribution in [0.25, 0.3) is 0 Å². The van der Waals surface area contributed by atoms with E-state index in [-0.39, 0.29) is 16.9 Å². The van der Waals surface area contributed by atoms with E-state index in [0.717, 1.165) is 16.4 Å². The maximum Gasteiger partial charge on any atom is 0.264 e. The first kappa shape index (κ1) is 16.0. The molecule has 1 aromatic carbocycles. The van der Waals surface area contributed by atoms with Crippen molar-refractivity contribution in [3.8, 4) is 6.07 Å². The summed E-state index contributed by atoms with van der Waals surface area (Å²) in [4.78, 5) is 12.0. The van der Waals surface area contributed by atoms with Crippen molar-refractivity contribution >= 4 is 29.4 Å². The van der Waals surface area contributed by atoms with Crippen molar-refractivity contribution < 1.29 is 4.79 Å². The van der Waals surface area contributed by atoms with Crippen molar-refractivity contribution in [1.82, 2.24) is 5.32 Å². The van der Waals surface area contributed by atoms with Gasteiger partial charge in [0, 0.05) is 5.75 Å². The molecular weight excluding hydrogens is 300 g/mol. The van der Waals surface area contributed by atoms with Gasteiger partial charge in [-0.1, -0.05) is 55.9 Å². The summed E-state index contributed by atoms with van der Waals surface area (Å²) in [5.41, 5.74) is 1.44. The van der Waals surface area contributed by atoms with Gasteiger partial charge in [-0.15, -0.1) is 11.8 Å². The quantitative estimate of drug-likeness (QED) is 0.895. The zero-order valence-electron chi connectivity index (χ0n) is 12.1. The van der Waals surface area contributed by atoms with Gasteiger partial charge in [-0.2, -0.15) is 5.26 Å². The Morgan fingerprint density at radius 1 is 1.38 bits per heavy atom. The lowest BCUT2D eigenvalue weighted by Crippen LogP contribution is -2.37. The minimum absolute atomic E-state index is 0.0628. The van der Waals surface area contributed by atoms with Crippen molar-refractivity contribution in [1.29, 1.82) is 5.26 Å². The number of nitrogens with one attached hydrogen (secondary N) is 1. The van der Waals surface area contributed by atoms with Crippen LogP contribution in [0.4, 0.5) is 0 Å². The number of nitriles is 1. The second-order valence-electron chi connectivity index (χ2n) is 5.26. The first-order valence-electron chi connectivity index (χ1n) is 6.88. The number of nitrogens with zero attached hydrogens (tertiary/aromatic N) is 1. The number of hydrogen-bond donors (Lipinski definition) is 1. The fraction of sp³-hybridized carbons (Fsp3) is 0.375. The van der Waals surface area contributed by atoms with Crippen LogP contribution < -0.4 is 5.32 Å². The second kappa shape index (κ2) is 7.58. The van der Waals surface area contributed by atoms with Gasteiger partial charge in [-0.05, 0) is 17.9 Å². The summed E-state index contributed by atoms with van der Waals surface area (Å²) in [6.07, 6.45) is 0.907. The van der Waals surface area contributed by atoms with E-state index in [9.17, 15) is 10.1 Å². The lowest BCUT2D eigenvalue weighted by molar-refractivity contribution is -0.117. The van der Waals surface area contributed by atoms with Gasteiger partial charge >= 0.3 is 0 Å². The topological polar surface area (TPSA) is 52.9 Å². The minimum Gasteiger partial charge on any atom is -0.339 e. The molecule has 1 N–H and O–H groups in total. The van der Waals surface area contributed by atoms with Crippen molar-refractivity contribution in [2.24, 2.45) is 5.92 Å². The van der Waals surface area contributed by atoms with E-state index < -0.39 is 0 Å². The van der Waals surface area contributed by atoms with Crippen LogP contribution in [0.3, 0.4) is 0 Å². The molecule has 0 aliphatic carbocycles. The molecule has 1 heterocycles. The van der Waals surface area contributed by atoms with Gasteiger partial charge in [-0.25, -0.2) is 0 Å². The van der Waals surface area contributed by atoms with E-state index in [1.54, 1.807) is 23.5 Å². The van der Waals surface area contributed by atoms with E-state index in [2.05, 4.69) is 31.3 Å². The Hall–Kier alpha value is -1.38. The molecule has 3 nitrogen and oxygen atoms in total. The predicted octanol–water partition coefficient (Wildman–Crippen LogP) is 3.89. The Kier molecular flexibility index (Phi) is 5.77. The van der Waals surface area contributed by atoms with Gasteiger partial charge < -0.3 is 5.32 Å². The normalized spacial score (nSPS) is 18.6. The SMILES string of the molecule is CC(C)C[C@H]1NC(=O)C(C#N)=C(SCc2ccccc2)S1. The lowest BCUT2D eigenvalue weighted by atomic mass is 10.1. The van der Waals surface area contributed by atoms with Crippen LogP contribution in [0.2, 0.25) is 0 Å². The third-order valence-corrected chi connectivity index (χ3v) is 5.58. The minimum atomic E-state index is -0.238. The standard InChI is InChI=1S/C16H18N2OS2/c1-11(2)8-14-18-15(19)13(9-17)16(21-14)20-10-12-6-4-3-5-7-12/h3-7,11,14H,8,10H2,1-2H3,(H,18,19)/t14-/m0/s1. The summed E-state index contributed by atoms with van der Waals surface area (Å²) in [7, 11) is 0. The van der Waals surface area contributed by atoms with Gasteiger partial charge in [0.2, 0.25) is 0 Å². The first-order chi connectivity index (χ1) is 10.1. The third-order valence-electron chi connectivity index (χ3n) is 2.98. The molecule has 21 heavy (non-hydrogen) atoms. The van der Waals surface area contributed by atoms with Crippen LogP contribution in [-0.2, 0) is 10.5 Å². The monoisotopic (exact) mass is 318 g/mol. The molecule has 1 aliphatic heterocycles. The highest BCUT2D eigenvalue weighted by molar-refractivity contribution is 8.22. The van der Waals surface area contributed by atoms with Gasteiger partial charge in [0.15, 0.2) is 0 Å². The van der Waals surface area contributed by atoms with E-state index in [0.29, 0.717) is 5.92 Å². The molecule has 1 aliphatic rings. The molecule has 0 radical (unpaired) electrons. The number of hydrogen-bond acceptors (Lipinski definition) is 4. The molecule has 1 amide bonds. The van der Waals surface area contributed by atoms with Gasteiger partial charge in [-0.3, -0.25) is 4.79 Å². The van der Waals surface area contributed by atoms with Crippen molar-refractivity contribution in [2.45, 2.75) is 31.4 Å². The molecule has 0 bridgehead atoms. The molecule has 0 spiro atoms. The van der Waals surface area contributed by atoms with E-state index in [1.165, 1.54) is 5.56 Å². The zero-order valence-corrected chi connectivity index (χ0v) is 13.8. The Labute approximate surface area is 134 Å². The Balaban J connectivity index is 2.09. The predicted molar refractivity (Wildman–Crippen MR) is 89.4 cm³/mol. The Bertz CT molecular complexity index is 576. The largest absolute Gasteiger partial charge is 0.339 e. The summed E-state index contributed by atoms with van der Waals surface area (Å²) >= 11 is 3.18. The highest BCUT2D eigenvalue weighted by Gasteiger charge is 2.28. The molecule has 2 rings (SSSR count). The number of benzene rings is 1. The van der Waals surface area contributed by atoms with Crippen LogP contribution in [-0.4, -0.2) is 11.3 Å². The third kappa shape index (κ3) is 4.55. The maximum atomic E-state index is 12.0. The van der Waals surface area contributed by atoms with Gasteiger partial charge in [0.1, 0.15) is 11.6 Å². The molecule has 0 aromatic heterocycles. The summed E-state index contributed by atoms with van der Waals surface area (Å²) < 4.78 is 0.843. The average Bonchev–Trinajstić information content (AvgIpc) is 2.45. The van der Waals surface area contributed by atoms with Crippen LogP contribution in [0.5, 0.6) is 0 Å². The second-order valence-corrected chi connectivity index (χ2v) is 7.72. The van der Waals surface area contributed by atoms with Crippen molar-refractivity contribution in [3.05, 3.63) is 45.7 Å². The van der Waals surface area contributed by atoms with Crippen molar-refractivity contribution in [2.75, 3.05) is 0 Å². The highest BCUT2D eigenvalue weighted by atomic mass is 32.2. The molecule has 0 saturated heterocycles. The van der Waals surface area contributed by atoms with Gasteiger partial charge in [0.25, 0.3) is 5.91 Å². The summed E-state index contributed by atoms with van der Waals surface area (Å²) in [6.45, 7) is 4.26. The summed E-state index contributed by atoms with van der Waals surface area (Å²) in [5, 5.41) is 12.2. The zero-order chi connectivity index (χ0) is 15.2. The van der Waals surface area contributed by atoms with Crippen molar-refractivity contribution in [3.63, 3.8) is 0 Å². The number of carbonyl (C=O) groups excluding carboxylic acids is 1. The molecule has 1 aromatic rings. The van der Waals surface area contributed by atoms with Gasteiger partial charge in [0.05, 0.1) is 9.61 Å². The number of carbonyl (C=O) groups is 1. The van der Waals surface area contributed by atoms with Crippen LogP contribution in [0, 0.1) is 17.2 Å². The molecule has 0 fully saturated rings. The summed E-state index contributed by atoms with van der Waals surface area (Å²) in [6, 6.07) is 12.1. The smallest absolute Gasteiger partial charge is 0.264 e. The fourth-order valence-electron chi connectivity index (χ4n) is 1.99. The lowest BCUT2D eigenvalue weighted by Gasteiger charge is -2.26. The molecule has 110 valence electrons. The molecule has 0 unspecified atom stereocenters. The van der Waals surface area contributed by atoms with E-state index >= 15 is 0 Å². The number of thioether (sulfide) groups is 2. The van der Waals surface area contributed by atoms with Crippen LogP contribution in [0.1, 0.15) is 25.8 Å². The first-order valence-corrected chi connectivity index (χ1v) is 8.75. The Morgan fingerprint density at radius 2 is 2.10 bits per heavy atom. The fourth-order valence-corrected chi connectivity index (χ4v) is 4.72.